The molecule has 0 spiro atoms. The SMILES string of the molecule is CC1OCCC1C(=O)c1cccc(F)c1F. The summed E-state index contributed by atoms with van der Waals surface area (Å²) in [4.78, 5) is 11.9. The monoisotopic (exact) mass is 226 g/mol. The molecule has 16 heavy (non-hydrogen) atoms. The maximum absolute atomic E-state index is 13.4. The lowest BCUT2D eigenvalue weighted by Crippen LogP contribution is -2.22. The molecule has 0 aromatic heterocycles. The molecule has 2 rings (SSSR count). The molecular weight excluding hydrogens is 214 g/mol. The third-order valence-electron chi connectivity index (χ3n) is 2.93. The van der Waals surface area contributed by atoms with Gasteiger partial charge in [-0.25, -0.2) is 8.78 Å². The highest BCUT2D eigenvalue weighted by Crippen LogP contribution is 2.26. The van der Waals surface area contributed by atoms with Crippen molar-refractivity contribution in [2.75, 3.05) is 6.61 Å². The van der Waals surface area contributed by atoms with E-state index in [1.165, 1.54) is 12.1 Å². The van der Waals surface area contributed by atoms with Gasteiger partial charge in [-0.15, -0.1) is 0 Å². The Morgan fingerprint density at radius 3 is 2.81 bits per heavy atom. The summed E-state index contributed by atoms with van der Waals surface area (Å²) in [7, 11) is 0. The van der Waals surface area contributed by atoms with E-state index in [9.17, 15) is 13.6 Å². The summed E-state index contributed by atoms with van der Waals surface area (Å²) < 4.78 is 31.6. The molecule has 0 bridgehead atoms. The molecule has 2 nitrogen and oxygen atoms in total. The molecule has 86 valence electrons. The van der Waals surface area contributed by atoms with Crippen molar-refractivity contribution in [2.24, 2.45) is 5.92 Å². The van der Waals surface area contributed by atoms with Gasteiger partial charge < -0.3 is 4.74 Å². The summed E-state index contributed by atoms with van der Waals surface area (Å²) in [6.07, 6.45) is 0.339. The molecule has 1 aromatic carbocycles. The van der Waals surface area contributed by atoms with E-state index in [0.29, 0.717) is 13.0 Å². The fourth-order valence-corrected chi connectivity index (χ4v) is 1.97. The molecule has 2 unspecified atom stereocenters. The predicted octanol–water partition coefficient (Wildman–Crippen LogP) is 2.57. The van der Waals surface area contributed by atoms with Gasteiger partial charge in [-0.3, -0.25) is 4.79 Å². The summed E-state index contributed by atoms with van der Waals surface area (Å²) in [5.74, 6) is -2.79. The first-order valence-corrected chi connectivity index (χ1v) is 5.21. The molecule has 1 aliphatic heterocycles. The zero-order valence-electron chi connectivity index (χ0n) is 8.87. The second-order valence-electron chi connectivity index (χ2n) is 3.94. The van der Waals surface area contributed by atoms with Crippen LogP contribution in [0.25, 0.3) is 0 Å². The maximum Gasteiger partial charge on any atom is 0.171 e. The Bertz CT molecular complexity index is 417. The fraction of sp³-hybridized carbons (Fsp3) is 0.417. The van der Waals surface area contributed by atoms with E-state index in [2.05, 4.69) is 0 Å². The van der Waals surface area contributed by atoms with Crippen LogP contribution in [0.5, 0.6) is 0 Å². The molecule has 0 N–H and O–H groups in total. The van der Waals surface area contributed by atoms with Crippen molar-refractivity contribution in [1.82, 2.24) is 0 Å². The average molecular weight is 226 g/mol. The van der Waals surface area contributed by atoms with E-state index in [1.807, 2.05) is 0 Å². The highest BCUT2D eigenvalue weighted by molar-refractivity contribution is 5.98. The van der Waals surface area contributed by atoms with Gasteiger partial charge in [0.1, 0.15) is 0 Å². The van der Waals surface area contributed by atoms with Gasteiger partial charge >= 0.3 is 0 Å². The molecule has 0 aliphatic carbocycles. The minimum atomic E-state index is -1.06. The zero-order chi connectivity index (χ0) is 11.7. The van der Waals surface area contributed by atoms with Gasteiger partial charge in [0.25, 0.3) is 0 Å². The van der Waals surface area contributed by atoms with Crippen LogP contribution < -0.4 is 0 Å². The molecule has 4 heteroatoms. The number of carbonyl (C=O) groups is 1. The Labute approximate surface area is 92.2 Å². The molecule has 1 fully saturated rings. The molecule has 0 saturated carbocycles. The maximum atomic E-state index is 13.4. The van der Waals surface area contributed by atoms with Crippen molar-refractivity contribution in [3.05, 3.63) is 35.4 Å². The van der Waals surface area contributed by atoms with Crippen molar-refractivity contribution in [2.45, 2.75) is 19.4 Å². The summed E-state index contributed by atoms with van der Waals surface area (Å²) in [5, 5.41) is 0. The van der Waals surface area contributed by atoms with E-state index in [4.69, 9.17) is 4.74 Å². The third kappa shape index (κ3) is 1.85. The lowest BCUT2D eigenvalue weighted by Gasteiger charge is -2.13. The van der Waals surface area contributed by atoms with E-state index in [0.717, 1.165) is 6.07 Å². The molecule has 1 saturated heterocycles. The number of carbonyl (C=O) groups excluding carboxylic acids is 1. The van der Waals surface area contributed by atoms with Crippen molar-refractivity contribution in [1.29, 1.82) is 0 Å². The summed E-state index contributed by atoms with van der Waals surface area (Å²) in [6, 6.07) is 3.65. The number of hydrogen-bond acceptors (Lipinski definition) is 2. The Balaban J connectivity index is 2.30. The van der Waals surface area contributed by atoms with Crippen LogP contribution in [0.1, 0.15) is 23.7 Å². The number of halogens is 2. The molecule has 0 amide bonds. The van der Waals surface area contributed by atoms with Crippen LogP contribution in [0.15, 0.2) is 18.2 Å². The average Bonchev–Trinajstić information content (AvgIpc) is 2.68. The van der Waals surface area contributed by atoms with Crippen LogP contribution in [0.4, 0.5) is 8.78 Å². The van der Waals surface area contributed by atoms with Crippen LogP contribution >= 0.6 is 0 Å². The molecule has 1 aromatic rings. The van der Waals surface area contributed by atoms with Gasteiger partial charge in [-0.1, -0.05) is 6.07 Å². The van der Waals surface area contributed by atoms with E-state index in [-0.39, 0.29) is 23.4 Å². The second-order valence-corrected chi connectivity index (χ2v) is 3.94. The Morgan fingerprint density at radius 1 is 1.44 bits per heavy atom. The van der Waals surface area contributed by atoms with Crippen molar-refractivity contribution in [3.63, 3.8) is 0 Å². The minimum Gasteiger partial charge on any atom is -0.378 e. The molecular formula is C12H12F2O2. The highest BCUT2D eigenvalue weighted by Gasteiger charge is 2.33. The number of hydrogen-bond donors (Lipinski definition) is 0. The van der Waals surface area contributed by atoms with Gasteiger partial charge in [0.2, 0.25) is 0 Å². The third-order valence-corrected chi connectivity index (χ3v) is 2.93. The van der Waals surface area contributed by atoms with Crippen LogP contribution in [0.3, 0.4) is 0 Å². The quantitative estimate of drug-likeness (QED) is 0.724. The number of ketones is 1. The van der Waals surface area contributed by atoms with Gasteiger partial charge in [0.15, 0.2) is 17.4 Å². The summed E-state index contributed by atoms with van der Waals surface area (Å²) >= 11 is 0. The number of benzene rings is 1. The standard InChI is InChI=1S/C12H12F2O2/c1-7-8(5-6-16-7)12(15)9-3-2-4-10(13)11(9)14/h2-4,7-8H,5-6H2,1H3. The smallest absolute Gasteiger partial charge is 0.171 e. The Morgan fingerprint density at radius 2 is 2.19 bits per heavy atom. The largest absolute Gasteiger partial charge is 0.378 e. The van der Waals surface area contributed by atoms with Crippen LogP contribution in [-0.4, -0.2) is 18.5 Å². The normalized spacial score (nSPS) is 24.7. The second kappa shape index (κ2) is 4.29. The lowest BCUT2D eigenvalue weighted by molar-refractivity contribution is 0.0760. The fourth-order valence-electron chi connectivity index (χ4n) is 1.97. The van der Waals surface area contributed by atoms with Gasteiger partial charge in [0, 0.05) is 6.61 Å². The lowest BCUT2D eigenvalue weighted by atomic mass is 9.92. The van der Waals surface area contributed by atoms with Crippen LogP contribution in [0, 0.1) is 17.6 Å². The number of Topliss-reactive ketones (excluding diaryl/α,β-unsaturated/α-hetero) is 1. The zero-order valence-corrected chi connectivity index (χ0v) is 8.87. The van der Waals surface area contributed by atoms with Crippen molar-refractivity contribution >= 4 is 5.78 Å². The Hall–Kier alpha value is -1.29. The van der Waals surface area contributed by atoms with Crippen LogP contribution in [-0.2, 0) is 4.74 Å². The Kier molecular flexibility index (Phi) is 3.01. The first kappa shape index (κ1) is 11.2. The van der Waals surface area contributed by atoms with Crippen molar-refractivity contribution < 1.29 is 18.3 Å². The predicted molar refractivity (Wildman–Crippen MR) is 54.2 cm³/mol. The number of ether oxygens (including phenoxy) is 1. The highest BCUT2D eigenvalue weighted by atomic mass is 19.2. The van der Waals surface area contributed by atoms with E-state index >= 15 is 0 Å². The molecule has 0 radical (unpaired) electrons. The molecule has 1 aliphatic rings. The van der Waals surface area contributed by atoms with Crippen molar-refractivity contribution in [3.8, 4) is 0 Å². The topological polar surface area (TPSA) is 26.3 Å². The van der Waals surface area contributed by atoms with E-state index < -0.39 is 11.6 Å². The van der Waals surface area contributed by atoms with Crippen LogP contribution in [0.2, 0.25) is 0 Å². The van der Waals surface area contributed by atoms with Gasteiger partial charge in [-0.2, -0.15) is 0 Å². The first-order valence-electron chi connectivity index (χ1n) is 5.21. The number of rotatable bonds is 2. The first-order chi connectivity index (χ1) is 7.61. The van der Waals surface area contributed by atoms with E-state index in [1.54, 1.807) is 6.92 Å². The molecule has 1 heterocycles. The summed E-state index contributed by atoms with van der Waals surface area (Å²) in [6.45, 7) is 2.27. The summed E-state index contributed by atoms with van der Waals surface area (Å²) in [5.41, 5.74) is -0.178. The van der Waals surface area contributed by atoms with Gasteiger partial charge in [-0.05, 0) is 25.5 Å². The molecule has 2 atom stereocenters. The van der Waals surface area contributed by atoms with Gasteiger partial charge in [0.05, 0.1) is 17.6 Å². The minimum absolute atomic E-state index is 0.178.